The van der Waals surface area contributed by atoms with Gasteiger partial charge < -0.3 is 10.1 Å². The van der Waals surface area contributed by atoms with Crippen molar-refractivity contribution in [3.63, 3.8) is 0 Å². The summed E-state index contributed by atoms with van der Waals surface area (Å²) < 4.78 is 27.7. The lowest BCUT2D eigenvalue weighted by atomic mass is 10.2. The van der Waals surface area contributed by atoms with E-state index in [9.17, 15) is 8.42 Å². The summed E-state index contributed by atoms with van der Waals surface area (Å²) in [7, 11) is -2.06. The van der Waals surface area contributed by atoms with E-state index >= 15 is 0 Å². The Labute approximate surface area is 102 Å². The molecule has 1 unspecified atom stereocenters. The van der Waals surface area contributed by atoms with Crippen LogP contribution in [0.4, 0.5) is 5.69 Å². The van der Waals surface area contributed by atoms with Crippen LogP contribution in [0.3, 0.4) is 0 Å². The van der Waals surface area contributed by atoms with E-state index in [1.165, 1.54) is 6.07 Å². The number of nitrogens with two attached hydrogens (primary N) is 1. The summed E-state index contributed by atoms with van der Waals surface area (Å²) in [6.45, 7) is 4.20. The molecule has 17 heavy (non-hydrogen) atoms. The van der Waals surface area contributed by atoms with E-state index in [1.54, 1.807) is 20.1 Å². The van der Waals surface area contributed by atoms with Gasteiger partial charge in [-0.2, -0.15) is 0 Å². The molecule has 0 heterocycles. The molecule has 96 valence electrons. The Morgan fingerprint density at radius 1 is 1.47 bits per heavy atom. The van der Waals surface area contributed by atoms with Crippen molar-refractivity contribution in [1.82, 2.24) is 0 Å². The van der Waals surface area contributed by atoms with Crippen LogP contribution in [0.15, 0.2) is 23.1 Å². The van der Waals surface area contributed by atoms with Gasteiger partial charge in [-0.1, -0.05) is 6.07 Å². The van der Waals surface area contributed by atoms with Crippen LogP contribution in [-0.2, 0) is 14.8 Å². The Morgan fingerprint density at radius 2 is 2.12 bits per heavy atom. The third kappa shape index (κ3) is 3.99. The summed E-state index contributed by atoms with van der Waals surface area (Å²) in [6, 6.07) is 5.17. The maximum absolute atomic E-state index is 11.3. The van der Waals surface area contributed by atoms with Gasteiger partial charge in [-0.3, -0.25) is 0 Å². The second kappa shape index (κ2) is 5.48. The first-order valence-electron chi connectivity index (χ1n) is 5.23. The van der Waals surface area contributed by atoms with Crippen molar-refractivity contribution in [2.45, 2.75) is 24.8 Å². The molecule has 1 rings (SSSR count). The van der Waals surface area contributed by atoms with Crippen LogP contribution in [0.25, 0.3) is 0 Å². The maximum atomic E-state index is 11.3. The number of hydrogen-bond acceptors (Lipinski definition) is 4. The van der Waals surface area contributed by atoms with Gasteiger partial charge in [0.1, 0.15) is 0 Å². The van der Waals surface area contributed by atoms with Crippen molar-refractivity contribution >= 4 is 15.7 Å². The molecule has 0 amide bonds. The third-order valence-electron chi connectivity index (χ3n) is 2.32. The summed E-state index contributed by atoms with van der Waals surface area (Å²) in [5, 5.41) is 8.27. The van der Waals surface area contributed by atoms with Crippen LogP contribution in [0.5, 0.6) is 0 Å². The number of methoxy groups -OCH3 is 1. The molecule has 0 saturated heterocycles. The minimum atomic E-state index is -3.68. The molecule has 5 nitrogen and oxygen atoms in total. The van der Waals surface area contributed by atoms with Crippen molar-refractivity contribution in [2.24, 2.45) is 5.14 Å². The van der Waals surface area contributed by atoms with Gasteiger partial charge in [-0.25, -0.2) is 13.6 Å². The summed E-state index contributed by atoms with van der Waals surface area (Å²) >= 11 is 0. The van der Waals surface area contributed by atoms with Gasteiger partial charge in [-0.15, -0.1) is 0 Å². The average Bonchev–Trinajstić information content (AvgIpc) is 2.19. The van der Waals surface area contributed by atoms with Crippen LogP contribution >= 0.6 is 0 Å². The molecule has 0 bridgehead atoms. The smallest absolute Gasteiger partial charge is 0.238 e. The van der Waals surface area contributed by atoms with Crippen LogP contribution < -0.4 is 10.5 Å². The van der Waals surface area contributed by atoms with Crippen LogP contribution in [-0.4, -0.2) is 28.2 Å². The van der Waals surface area contributed by atoms with E-state index in [0.717, 1.165) is 0 Å². The first kappa shape index (κ1) is 14.0. The minimum absolute atomic E-state index is 0.0936. The number of benzene rings is 1. The van der Waals surface area contributed by atoms with Crippen LogP contribution in [0.2, 0.25) is 0 Å². The lowest BCUT2D eigenvalue weighted by Gasteiger charge is -2.15. The molecule has 0 saturated carbocycles. The Bertz CT molecular complexity index is 485. The number of ether oxygens (including phenoxy) is 1. The topological polar surface area (TPSA) is 81.4 Å². The molecule has 0 aliphatic heterocycles. The van der Waals surface area contributed by atoms with Crippen molar-refractivity contribution in [3.8, 4) is 0 Å². The van der Waals surface area contributed by atoms with Gasteiger partial charge in [0.05, 0.1) is 11.5 Å². The van der Waals surface area contributed by atoms with E-state index in [4.69, 9.17) is 9.88 Å². The second-order valence-corrected chi connectivity index (χ2v) is 5.56. The van der Waals surface area contributed by atoms with E-state index in [0.29, 0.717) is 17.9 Å². The second-order valence-electron chi connectivity index (χ2n) is 4.03. The number of anilines is 1. The molecule has 0 radical (unpaired) electrons. The third-order valence-corrected chi connectivity index (χ3v) is 3.38. The van der Waals surface area contributed by atoms with Gasteiger partial charge in [0, 0.05) is 18.8 Å². The molecular formula is C11H18N2O3S. The average molecular weight is 258 g/mol. The van der Waals surface area contributed by atoms with Gasteiger partial charge in [0.15, 0.2) is 0 Å². The molecule has 6 heteroatoms. The summed E-state index contributed by atoms with van der Waals surface area (Å²) in [4.78, 5) is 0.145. The monoisotopic (exact) mass is 258 g/mol. The molecular weight excluding hydrogens is 240 g/mol. The highest BCUT2D eigenvalue weighted by molar-refractivity contribution is 7.89. The fourth-order valence-corrected chi connectivity index (χ4v) is 2.38. The molecule has 0 aromatic heterocycles. The summed E-state index contributed by atoms with van der Waals surface area (Å²) in [5.74, 6) is 0. The highest BCUT2D eigenvalue weighted by Crippen LogP contribution is 2.19. The largest absolute Gasteiger partial charge is 0.383 e. The fourth-order valence-electron chi connectivity index (χ4n) is 1.57. The quantitative estimate of drug-likeness (QED) is 0.828. The Hall–Kier alpha value is -1.11. The molecule has 0 aliphatic rings. The maximum Gasteiger partial charge on any atom is 0.238 e. The Kier molecular flexibility index (Phi) is 4.50. The molecule has 1 aromatic rings. The van der Waals surface area contributed by atoms with Crippen molar-refractivity contribution in [3.05, 3.63) is 23.8 Å². The first-order valence-corrected chi connectivity index (χ1v) is 6.78. The van der Waals surface area contributed by atoms with Crippen LogP contribution in [0.1, 0.15) is 12.5 Å². The van der Waals surface area contributed by atoms with E-state index in [-0.39, 0.29) is 10.9 Å². The van der Waals surface area contributed by atoms with E-state index < -0.39 is 10.0 Å². The molecule has 0 aliphatic carbocycles. The molecule has 3 N–H and O–H groups in total. The lowest BCUT2D eigenvalue weighted by molar-refractivity contribution is 0.190. The molecule has 1 aromatic carbocycles. The SMILES string of the molecule is COCC(C)Nc1ccc(C)c(S(N)(=O)=O)c1. The number of hydrogen-bond donors (Lipinski definition) is 2. The number of aryl methyl sites for hydroxylation is 1. The number of primary sulfonamides is 1. The lowest BCUT2D eigenvalue weighted by Crippen LogP contribution is -2.21. The zero-order valence-corrected chi connectivity index (χ0v) is 11.0. The Morgan fingerprint density at radius 3 is 2.65 bits per heavy atom. The predicted octanol–water partition coefficient (Wildman–Crippen LogP) is 1.09. The van der Waals surface area contributed by atoms with Gasteiger partial charge in [-0.05, 0) is 31.5 Å². The molecule has 1 atom stereocenters. The number of nitrogens with one attached hydrogen (secondary N) is 1. The number of rotatable bonds is 5. The molecule has 0 spiro atoms. The van der Waals surface area contributed by atoms with E-state index in [1.807, 2.05) is 13.0 Å². The standard InChI is InChI=1S/C11H18N2O3S/c1-8-4-5-10(13-9(2)7-16-3)6-11(8)17(12,14)15/h4-6,9,13H,7H2,1-3H3,(H2,12,14,15). The predicted molar refractivity (Wildman–Crippen MR) is 67.5 cm³/mol. The van der Waals surface area contributed by atoms with Crippen molar-refractivity contribution in [2.75, 3.05) is 19.0 Å². The van der Waals surface area contributed by atoms with E-state index in [2.05, 4.69) is 5.32 Å². The van der Waals surface area contributed by atoms with Crippen molar-refractivity contribution in [1.29, 1.82) is 0 Å². The summed E-state index contributed by atoms with van der Waals surface area (Å²) in [6.07, 6.45) is 0. The molecule has 0 fully saturated rings. The zero-order valence-electron chi connectivity index (χ0n) is 10.2. The minimum Gasteiger partial charge on any atom is -0.383 e. The first-order chi connectivity index (χ1) is 7.84. The van der Waals surface area contributed by atoms with Crippen LogP contribution in [0, 0.1) is 6.92 Å². The number of sulfonamides is 1. The van der Waals surface area contributed by atoms with Crippen molar-refractivity contribution < 1.29 is 13.2 Å². The highest BCUT2D eigenvalue weighted by Gasteiger charge is 2.12. The zero-order chi connectivity index (χ0) is 13.1. The summed E-state index contributed by atoms with van der Waals surface area (Å²) in [5.41, 5.74) is 1.35. The Balaban J connectivity index is 2.97. The highest BCUT2D eigenvalue weighted by atomic mass is 32.2. The van der Waals surface area contributed by atoms with Gasteiger partial charge in [0.25, 0.3) is 0 Å². The van der Waals surface area contributed by atoms with Gasteiger partial charge in [0.2, 0.25) is 10.0 Å². The van der Waals surface area contributed by atoms with Gasteiger partial charge >= 0.3 is 0 Å². The fraction of sp³-hybridized carbons (Fsp3) is 0.455. The normalized spacial score (nSPS) is 13.4.